The number of piperidine rings is 1. The van der Waals surface area contributed by atoms with E-state index in [1.54, 1.807) is 0 Å². The number of nitrogens with zero attached hydrogens (tertiary/aromatic N) is 1. The van der Waals surface area contributed by atoms with Gasteiger partial charge in [0.25, 0.3) is 0 Å². The van der Waals surface area contributed by atoms with Crippen molar-refractivity contribution in [2.45, 2.75) is 64.0 Å². The molecule has 1 saturated carbocycles. The van der Waals surface area contributed by atoms with E-state index in [-0.39, 0.29) is 17.1 Å². The monoisotopic (exact) mass is 279 g/mol. The van der Waals surface area contributed by atoms with Gasteiger partial charge in [0.15, 0.2) is 0 Å². The summed E-state index contributed by atoms with van der Waals surface area (Å²) in [5.41, 5.74) is 0.0215. The number of nitrogens with one attached hydrogen (secondary N) is 2. The molecule has 3 aliphatic rings. The van der Waals surface area contributed by atoms with E-state index in [2.05, 4.69) is 36.3 Å². The van der Waals surface area contributed by atoms with Crippen LogP contribution in [0.25, 0.3) is 0 Å². The van der Waals surface area contributed by atoms with Crippen molar-refractivity contribution in [2.75, 3.05) is 19.6 Å². The van der Waals surface area contributed by atoms with Crippen LogP contribution in [0.15, 0.2) is 0 Å². The molecular weight excluding hydrogens is 250 g/mol. The minimum atomic E-state index is -0.148. The van der Waals surface area contributed by atoms with Gasteiger partial charge in [0, 0.05) is 18.6 Å². The van der Waals surface area contributed by atoms with Gasteiger partial charge in [0.1, 0.15) is 0 Å². The van der Waals surface area contributed by atoms with Crippen molar-refractivity contribution >= 4 is 6.03 Å². The van der Waals surface area contributed by atoms with Crippen LogP contribution in [0, 0.1) is 11.8 Å². The molecule has 3 fully saturated rings. The molecule has 0 radical (unpaired) electrons. The first-order valence-corrected chi connectivity index (χ1v) is 8.24. The Morgan fingerprint density at radius 1 is 1.25 bits per heavy atom. The van der Waals surface area contributed by atoms with Gasteiger partial charge in [-0.2, -0.15) is 0 Å². The summed E-state index contributed by atoms with van der Waals surface area (Å²) >= 11 is 0. The average Bonchev–Trinajstić information content (AvgIpc) is 2.61. The van der Waals surface area contributed by atoms with Gasteiger partial charge in [-0.3, -0.25) is 0 Å². The fourth-order valence-electron chi connectivity index (χ4n) is 4.60. The van der Waals surface area contributed by atoms with Crippen molar-refractivity contribution in [3.05, 3.63) is 0 Å². The number of fused-ring (bicyclic) bond motifs is 1. The van der Waals surface area contributed by atoms with E-state index in [9.17, 15) is 4.79 Å². The SMILES string of the molecule is CC(C)(C)NC(=O)N1CCC2CCC21C1CCCNC1. The van der Waals surface area contributed by atoms with Crippen molar-refractivity contribution in [1.82, 2.24) is 15.5 Å². The Morgan fingerprint density at radius 2 is 2.05 bits per heavy atom. The van der Waals surface area contributed by atoms with E-state index < -0.39 is 0 Å². The number of amides is 2. The first kappa shape index (κ1) is 14.2. The third-order valence-corrected chi connectivity index (χ3v) is 5.53. The van der Waals surface area contributed by atoms with E-state index in [4.69, 9.17) is 0 Å². The maximum Gasteiger partial charge on any atom is 0.318 e. The molecule has 1 aliphatic carbocycles. The molecule has 20 heavy (non-hydrogen) atoms. The second kappa shape index (κ2) is 4.90. The molecule has 4 nitrogen and oxygen atoms in total. The van der Waals surface area contributed by atoms with Crippen LogP contribution in [0.2, 0.25) is 0 Å². The molecule has 0 spiro atoms. The molecule has 2 saturated heterocycles. The quantitative estimate of drug-likeness (QED) is 0.774. The van der Waals surface area contributed by atoms with Crippen LogP contribution in [-0.4, -0.2) is 41.6 Å². The van der Waals surface area contributed by atoms with E-state index in [0.29, 0.717) is 5.92 Å². The molecule has 2 amide bonds. The zero-order valence-corrected chi connectivity index (χ0v) is 13.2. The Hall–Kier alpha value is -0.770. The molecule has 3 unspecified atom stereocenters. The molecular formula is C16H29N3O. The van der Waals surface area contributed by atoms with Crippen LogP contribution >= 0.6 is 0 Å². The normalized spacial score (nSPS) is 37.2. The van der Waals surface area contributed by atoms with Gasteiger partial charge in [0.2, 0.25) is 0 Å². The fraction of sp³-hybridized carbons (Fsp3) is 0.938. The third-order valence-electron chi connectivity index (χ3n) is 5.53. The van der Waals surface area contributed by atoms with Crippen LogP contribution in [0.5, 0.6) is 0 Å². The van der Waals surface area contributed by atoms with Gasteiger partial charge >= 0.3 is 6.03 Å². The van der Waals surface area contributed by atoms with Crippen molar-refractivity contribution in [3.63, 3.8) is 0 Å². The summed E-state index contributed by atoms with van der Waals surface area (Å²) in [6.07, 6.45) is 6.27. The first-order chi connectivity index (χ1) is 9.43. The lowest BCUT2D eigenvalue weighted by Crippen LogP contribution is -2.66. The highest BCUT2D eigenvalue weighted by Crippen LogP contribution is 2.55. The Balaban J connectivity index is 1.78. The van der Waals surface area contributed by atoms with Crippen molar-refractivity contribution in [2.24, 2.45) is 11.8 Å². The summed E-state index contributed by atoms with van der Waals surface area (Å²) in [6.45, 7) is 9.38. The Kier molecular flexibility index (Phi) is 3.47. The molecule has 0 aromatic rings. The van der Waals surface area contributed by atoms with Crippen LogP contribution in [0.1, 0.15) is 52.9 Å². The zero-order valence-electron chi connectivity index (χ0n) is 13.2. The summed E-state index contributed by atoms with van der Waals surface area (Å²) in [5.74, 6) is 1.40. The van der Waals surface area contributed by atoms with Gasteiger partial charge in [0.05, 0.1) is 5.54 Å². The summed E-state index contributed by atoms with van der Waals surface area (Å²) in [5, 5.41) is 6.72. The molecule has 0 aromatic carbocycles. The Morgan fingerprint density at radius 3 is 2.60 bits per heavy atom. The number of urea groups is 1. The maximum atomic E-state index is 12.7. The summed E-state index contributed by atoms with van der Waals surface area (Å²) < 4.78 is 0. The second-order valence-electron chi connectivity index (χ2n) is 7.89. The number of hydrogen-bond donors (Lipinski definition) is 2. The standard InChI is InChI=1S/C16H29N3O/c1-15(2,3)18-14(20)19-10-7-12-6-8-16(12,19)13-5-4-9-17-11-13/h12-13,17H,4-11H2,1-3H3,(H,18,20). The predicted molar refractivity (Wildman–Crippen MR) is 80.7 cm³/mol. The number of hydrogen-bond acceptors (Lipinski definition) is 2. The van der Waals surface area contributed by atoms with Crippen LogP contribution < -0.4 is 10.6 Å². The van der Waals surface area contributed by atoms with Gasteiger partial charge in [-0.25, -0.2) is 4.79 Å². The topological polar surface area (TPSA) is 44.4 Å². The zero-order chi connectivity index (χ0) is 14.4. The molecule has 0 aromatic heterocycles. The predicted octanol–water partition coefficient (Wildman–Crippen LogP) is 2.35. The average molecular weight is 279 g/mol. The second-order valence-corrected chi connectivity index (χ2v) is 7.89. The summed E-state index contributed by atoms with van der Waals surface area (Å²) in [7, 11) is 0. The van der Waals surface area contributed by atoms with Gasteiger partial charge in [-0.15, -0.1) is 0 Å². The molecule has 4 heteroatoms. The highest BCUT2D eigenvalue weighted by atomic mass is 16.2. The smallest absolute Gasteiger partial charge is 0.318 e. The maximum absolute atomic E-state index is 12.7. The largest absolute Gasteiger partial charge is 0.333 e. The summed E-state index contributed by atoms with van der Waals surface area (Å²) in [4.78, 5) is 14.9. The molecule has 3 rings (SSSR count). The van der Waals surface area contributed by atoms with Gasteiger partial charge in [-0.1, -0.05) is 0 Å². The number of carbonyl (C=O) groups excluding carboxylic acids is 1. The molecule has 2 aliphatic heterocycles. The minimum Gasteiger partial charge on any atom is -0.333 e. The molecule has 2 heterocycles. The van der Waals surface area contributed by atoms with Crippen molar-refractivity contribution in [1.29, 1.82) is 0 Å². The van der Waals surface area contributed by atoms with E-state index in [1.807, 2.05) is 0 Å². The number of likely N-dealkylation sites (tertiary alicyclic amines) is 1. The molecule has 3 atom stereocenters. The molecule has 2 N–H and O–H groups in total. The van der Waals surface area contributed by atoms with E-state index in [1.165, 1.54) is 32.1 Å². The number of carbonyl (C=O) groups is 1. The van der Waals surface area contributed by atoms with Gasteiger partial charge in [-0.05, 0) is 71.3 Å². The minimum absolute atomic E-state index is 0.148. The molecule has 114 valence electrons. The van der Waals surface area contributed by atoms with Crippen molar-refractivity contribution in [3.8, 4) is 0 Å². The van der Waals surface area contributed by atoms with E-state index in [0.717, 1.165) is 25.6 Å². The highest BCUT2D eigenvalue weighted by molar-refractivity contribution is 5.76. The first-order valence-electron chi connectivity index (χ1n) is 8.24. The molecule has 0 bridgehead atoms. The lowest BCUT2D eigenvalue weighted by Gasteiger charge is -2.56. The van der Waals surface area contributed by atoms with Crippen LogP contribution in [-0.2, 0) is 0 Å². The van der Waals surface area contributed by atoms with E-state index >= 15 is 0 Å². The fourth-order valence-corrected chi connectivity index (χ4v) is 4.60. The lowest BCUT2D eigenvalue weighted by molar-refractivity contribution is -0.0215. The van der Waals surface area contributed by atoms with Crippen molar-refractivity contribution < 1.29 is 4.79 Å². The van der Waals surface area contributed by atoms with Crippen LogP contribution in [0.4, 0.5) is 4.79 Å². The summed E-state index contributed by atoms with van der Waals surface area (Å²) in [6, 6.07) is 0.158. The van der Waals surface area contributed by atoms with Gasteiger partial charge < -0.3 is 15.5 Å². The third kappa shape index (κ3) is 2.22. The number of rotatable bonds is 1. The van der Waals surface area contributed by atoms with Crippen LogP contribution in [0.3, 0.4) is 0 Å². The Labute approximate surface area is 122 Å². The Bertz CT molecular complexity index is 384. The highest BCUT2D eigenvalue weighted by Gasteiger charge is 2.60. The lowest BCUT2D eigenvalue weighted by atomic mass is 9.59.